The predicted octanol–water partition coefficient (Wildman–Crippen LogP) is 3.73. The first-order chi connectivity index (χ1) is 8.62. The Hall–Kier alpha value is -1.02. The largest absolute Gasteiger partial charge is 0.487 e. The zero-order valence-electron chi connectivity index (χ0n) is 11.4. The molecular formula is C16H23NO. The van der Waals surface area contributed by atoms with Crippen LogP contribution in [0, 0.1) is 12.8 Å². The molecule has 1 aliphatic carbocycles. The van der Waals surface area contributed by atoms with Crippen LogP contribution < -0.4 is 10.5 Å². The van der Waals surface area contributed by atoms with Crippen molar-refractivity contribution in [1.29, 1.82) is 0 Å². The standard InChI is InChI=1S/C16H23NO/c1-3-12-6-7-16(9-12)10-14(17)13-8-11(2)4-5-15(13)18-16/h4-5,8,12,14H,3,6-7,9-10,17H2,1-2H3. The molecule has 1 heterocycles. The lowest BCUT2D eigenvalue weighted by Crippen LogP contribution is -2.41. The average molecular weight is 245 g/mol. The second kappa shape index (κ2) is 4.27. The van der Waals surface area contributed by atoms with Crippen molar-refractivity contribution >= 4 is 0 Å². The number of aryl methyl sites for hydroxylation is 1. The Kier molecular flexibility index (Phi) is 2.86. The smallest absolute Gasteiger partial charge is 0.124 e. The molecule has 3 rings (SSSR count). The summed E-state index contributed by atoms with van der Waals surface area (Å²) in [7, 11) is 0. The molecule has 2 N–H and O–H groups in total. The van der Waals surface area contributed by atoms with Gasteiger partial charge in [-0.3, -0.25) is 0 Å². The number of benzene rings is 1. The third-order valence-corrected chi connectivity index (χ3v) is 4.73. The fourth-order valence-electron chi connectivity index (χ4n) is 3.66. The molecule has 3 unspecified atom stereocenters. The van der Waals surface area contributed by atoms with Crippen LogP contribution in [0.25, 0.3) is 0 Å². The Morgan fingerprint density at radius 2 is 2.22 bits per heavy atom. The van der Waals surface area contributed by atoms with Crippen LogP contribution in [-0.4, -0.2) is 5.60 Å². The average Bonchev–Trinajstić information content (AvgIpc) is 2.73. The van der Waals surface area contributed by atoms with Crippen LogP contribution in [0.4, 0.5) is 0 Å². The highest BCUT2D eigenvalue weighted by Gasteiger charge is 2.45. The van der Waals surface area contributed by atoms with Gasteiger partial charge in [0.15, 0.2) is 0 Å². The lowest BCUT2D eigenvalue weighted by molar-refractivity contribution is 0.0384. The molecule has 1 spiro atoms. The molecule has 0 radical (unpaired) electrons. The summed E-state index contributed by atoms with van der Waals surface area (Å²) >= 11 is 0. The number of rotatable bonds is 1. The van der Waals surface area contributed by atoms with Gasteiger partial charge in [-0.25, -0.2) is 0 Å². The van der Waals surface area contributed by atoms with Crippen molar-refractivity contribution in [1.82, 2.24) is 0 Å². The van der Waals surface area contributed by atoms with E-state index in [2.05, 4.69) is 32.0 Å². The Morgan fingerprint density at radius 1 is 1.39 bits per heavy atom. The number of nitrogens with two attached hydrogens (primary N) is 1. The molecule has 1 aromatic carbocycles. The summed E-state index contributed by atoms with van der Waals surface area (Å²) < 4.78 is 6.36. The monoisotopic (exact) mass is 245 g/mol. The molecular weight excluding hydrogens is 222 g/mol. The summed E-state index contributed by atoms with van der Waals surface area (Å²) in [6, 6.07) is 6.55. The van der Waals surface area contributed by atoms with E-state index >= 15 is 0 Å². The van der Waals surface area contributed by atoms with Crippen LogP contribution >= 0.6 is 0 Å². The topological polar surface area (TPSA) is 35.2 Å². The summed E-state index contributed by atoms with van der Waals surface area (Å²) in [6.45, 7) is 4.39. The normalized spacial score (nSPS) is 34.4. The molecule has 18 heavy (non-hydrogen) atoms. The SMILES string of the molecule is CCC1CCC2(C1)CC(N)c1cc(C)ccc1O2. The van der Waals surface area contributed by atoms with Crippen LogP contribution in [0.15, 0.2) is 18.2 Å². The molecule has 1 fully saturated rings. The molecule has 2 aliphatic rings. The van der Waals surface area contributed by atoms with Gasteiger partial charge in [0.1, 0.15) is 11.4 Å². The molecule has 2 nitrogen and oxygen atoms in total. The van der Waals surface area contributed by atoms with Crippen molar-refractivity contribution in [2.45, 2.75) is 57.6 Å². The molecule has 1 saturated carbocycles. The van der Waals surface area contributed by atoms with E-state index in [0.29, 0.717) is 0 Å². The molecule has 1 aliphatic heterocycles. The van der Waals surface area contributed by atoms with Crippen LogP contribution in [0.2, 0.25) is 0 Å². The van der Waals surface area contributed by atoms with E-state index in [9.17, 15) is 0 Å². The highest BCUT2D eigenvalue weighted by Crippen LogP contribution is 2.48. The van der Waals surface area contributed by atoms with E-state index in [1.54, 1.807) is 0 Å². The van der Waals surface area contributed by atoms with Crippen molar-refractivity contribution in [2.24, 2.45) is 11.7 Å². The van der Waals surface area contributed by atoms with Gasteiger partial charge < -0.3 is 10.5 Å². The fraction of sp³-hybridized carbons (Fsp3) is 0.625. The molecule has 0 bridgehead atoms. The first-order valence-corrected chi connectivity index (χ1v) is 7.17. The summed E-state index contributed by atoms with van der Waals surface area (Å²) in [4.78, 5) is 0. The molecule has 0 saturated heterocycles. The minimum absolute atomic E-state index is 0.0301. The quantitative estimate of drug-likeness (QED) is 0.818. The first kappa shape index (κ1) is 12.0. The lowest BCUT2D eigenvalue weighted by atomic mass is 9.85. The Bertz CT molecular complexity index is 456. The van der Waals surface area contributed by atoms with Gasteiger partial charge in [0.25, 0.3) is 0 Å². The molecule has 0 aromatic heterocycles. The number of fused-ring (bicyclic) bond motifs is 1. The zero-order valence-corrected chi connectivity index (χ0v) is 11.4. The predicted molar refractivity (Wildman–Crippen MR) is 73.7 cm³/mol. The van der Waals surface area contributed by atoms with E-state index < -0.39 is 0 Å². The summed E-state index contributed by atoms with van der Waals surface area (Å²) in [5, 5.41) is 0. The van der Waals surface area contributed by atoms with Gasteiger partial charge in [0.2, 0.25) is 0 Å². The van der Waals surface area contributed by atoms with Gasteiger partial charge in [0, 0.05) is 18.0 Å². The van der Waals surface area contributed by atoms with E-state index in [0.717, 1.165) is 18.1 Å². The van der Waals surface area contributed by atoms with E-state index in [4.69, 9.17) is 10.5 Å². The van der Waals surface area contributed by atoms with Gasteiger partial charge in [-0.15, -0.1) is 0 Å². The second-order valence-corrected chi connectivity index (χ2v) is 6.15. The third-order valence-electron chi connectivity index (χ3n) is 4.73. The van der Waals surface area contributed by atoms with Gasteiger partial charge in [0.05, 0.1) is 0 Å². The van der Waals surface area contributed by atoms with Crippen molar-refractivity contribution in [2.75, 3.05) is 0 Å². The van der Waals surface area contributed by atoms with Gasteiger partial charge >= 0.3 is 0 Å². The summed E-state index contributed by atoms with van der Waals surface area (Å²) in [5.41, 5.74) is 8.87. The van der Waals surface area contributed by atoms with Crippen LogP contribution in [0.5, 0.6) is 5.75 Å². The number of hydrogen-bond acceptors (Lipinski definition) is 2. The number of ether oxygens (including phenoxy) is 1. The molecule has 1 aromatic rings. The van der Waals surface area contributed by atoms with Crippen LogP contribution in [0.3, 0.4) is 0 Å². The molecule has 98 valence electrons. The minimum Gasteiger partial charge on any atom is -0.487 e. The van der Waals surface area contributed by atoms with E-state index in [-0.39, 0.29) is 11.6 Å². The first-order valence-electron chi connectivity index (χ1n) is 7.17. The lowest BCUT2D eigenvalue weighted by Gasteiger charge is -2.39. The van der Waals surface area contributed by atoms with Crippen LogP contribution in [0.1, 0.15) is 56.2 Å². The Morgan fingerprint density at radius 3 is 2.94 bits per heavy atom. The Labute approximate surface area is 110 Å². The van der Waals surface area contributed by atoms with Crippen molar-refractivity contribution in [3.8, 4) is 5.75 Å². The third kappa shape index (κ3) is 1.93. The van der Waals surface area contributed by atoms with Crippen molar-refractivity contribution < 1.29 is 4.74 Å². The second-order valence-electron chi connectivity index (χ2n) is 6.15. The summed E-state index contributed by atoms with van der Waals surface area (Å²) in [5.74, 6) is 1.85. The zero-order chi connectivity index (χ0) is 12.8. The van der Waals surface area contributed by atoms with E-state index in [1.807, 2.05) is 0 Å². The minimum atomic E-state index is 0.0301. The maximum Gasteiger partial charge on any atom is 0.124 e. The summed E-state index contributed by atoms with van der Waals surface area (Å²) in [6.07, 6.45) is 5.91. The molecule has 0 amide bonds. The molecule has 3 atom stereocenters. The highest BCUT2D eigenvalue weighted by molar-refractivity contribution is 5.41. The van der Waals surface area contributed by atoms with Gasteiger partial charge in [-0.2, -0.15) is 0 Å². The van der Waals surface area contributed by atoms with Crippen molar-refractivity contribution in [3.63, 3.8) is 0 Å². The van der Waals surface area contributed by atoms with Crippen LogP contribution in [-0.2, 0) is 0 Å². The fourth-order valence-corrected chi connectivity index (χ4v) is 3.66. The maximum atomic E-state index is 6.38. The van der Waals surface area contributed by atoms with Gasteiger partial charge in [-0.05, 0) is 38.2 Å². The van der Waals surface area contributed by atoms with Gasteiger partial charge in [-0.1, -0.05) is 31.0 Å². The van der Waals surface area contributed by atoms with E-state index in [1.165, 1.54) is 36.8 Å². The maximum absolute atomic E-state index is 6.38. The highest BCUT2D eigenvalue weighted by atomic mass is 16.5. The number of hydrogen-bond donors (Lipinski definition) is 1. The van der Waals surface area contributed by atoms with Crippen molar-refractivity contribution in [3.05, 3.63) is 29.3 Å². The Balaban J connectivity index is 1.90. The molecule has 2 heteroatoms.